The van der Waals surface area contributed by atoms with E-state index in [4.69, 9.17) is 4.74 Å². The van der Waals surface area contributed by atoms with Gasteiger partial charge in [-0.25, -0.2) is 4.39 Å². The van der Waals surface area contributed by atoms with Gasteiger partial charge in [0, 0.05) is 38.2 Å². The molecule has 2 aromatic carbocycles. The molecule has 0 aliphatic carbocycles. The van der Waals surface area contributed by atoms with Gasteiger partial charge in [-0.1, -0.05) is 12.1 Å². The Morgan fingerprint density at radius 1 is 1.17 bits per heavy atom. The molecule has 154 valence electrons. The molecule has 2 N–H and O–H groups in total. The highest BCUT2D eigenvalue weighted by Crippen LogP contribution is 2.23. The molecule has 0 saturated carbocycles. The van der Waals surface area contributed by atoms with E-state index in [-0.39, 0.29) is 23.5 Å². The van der Waals surface area contributed by atoms with Crippen LogP contribution in [0.2, 0.25) is 0 Å². The molecule has 0 spiro atoms. The summed E-state index contributed by atoms with van der Waals surface area (Å²) < 4.78 is 19.6. The molecule has 0 aromatic heterocycles. The Morgan fingerprint density at radius 2 is 1.93 bits per heavy atom. The molecule has 0 bridgehead atoms. The van der Waals surface area contributed by atoms with Crippen LogP contribution in [0.25, 0.3) is 0 Å². The van der Waals surface area contributed by atoms with Gasteiger partial charge in [0.2, 0.25) is 0 Å². The maximum Gasteiger partial charge on any atom is 0.255 e. The molecule has 3 rings (SSSR count). The third-order valence-electron chi connectivity index (χ3n) is 4.96. The van der Waals surface area contributed by atoms with Crippen LogP contribution in [-0.2, 0) is 0 Å². The number of ketones is 1. The predicted molar refractivity (Wildman–Crippen MR) is 110 cm³/mol. The van der Waals surface area contributed by atoms with Gasteiger partial charge in [0.1, 0.15) is 11.6 Å². The maximum absolute atomic E-state index is 14.4. The fraction of sp³-hybridized carbons (Fsp3) is 0.364. The van der Waals surface area contributed by atoms with Crippen molar-refractivity contribution < 1.29 is 18.7 Å². The number of hydrogen-bond acceptors (Lipinski definition) is 5. The molecule has 1 fully saturated rings. The van der Waals surface area contributed by atoms with Gasteiger partial charge >= 0.3 is 0 Å². The second-order valence-electron chi connectivity index (χ2n) is 6.97. The van der Waals surface area contributed by atoms with Crippen molar-refractivity contribution in [3.05, 3.63) is 59.4 Å². The van der Waals surface area contributed by atoms with Crippen molar-refractivity contribution in [3.63, 3.8) is 0 Å². The van der Waals surface area contributed by atoms with Crippen molar-refractivity contribution in [3.8, 4) is 5.75 Å². The van der Waals surface area contributed by atoms with Crippen LogP contribution in [0.1, 0.15) is 33.6 Å². The minimum Gasteiger partial charge on any atom is -0.497 e. The first kappa shape index (κ1) is 21.0. The third kappa shape index (κ3) is 5.62. The molecule has 1 heterocycles. The summed E-state index contributed by atoms with van der Waals surface area (Å²) in [4.78, 5) is 27.6. The van der Waals surface area contributed by atoms with Gasteiger partial charge in [-0.05, 0) is 43.3 Å². The van der Waals surface area contributed by atoms with Crippen LogP contribution in [0.3, 0.4) is 0 Å². The fourth-order valence-electron chi connectivity index (χ4n) is 3.39. The number of carbonyl (C=O) groups excluding carboxylic acids is 2. The van der Waals surface area contributed by atoms with Crippen molar-refractivity contribution in [1.82, 2.24) is 10.2 Å². The van der Waals surface area contributed by atoms with E-state index in [1.165, 1.54) is 19.2 Å². The van der Waals surface area contributed by atoms with Gasteiger partial charge in [0.25, 0.3) is 5.91 Å². The van der Waals surface area contributed by atoms with Gasteiger partial charge in [-0.15, -0.1) is 0 Å². The predicted octanol–water partition coefficient (Wildman–Crippen LogP) is 2.95. The largest absolute Gasteiger partial charge is 0.497 e. The zero-order chi connectivity index (χ0) is 20.6. The molecule has 1 aliphatic rings. The Morgan fingerprint density at radius 3 is 2.69 bits per heavy atom. The summed E-state index contributed by atoms with van der Waals surface area (Å²) in [6.45, 7) is 4.60. The number of Topliss-reactive ketones (excluding diaryl/α,β-unsaturated/α-hetero) is 1. The van der Waals surface area contributed by atoms with Crippen LogP contribution in [0.5, 0.6) is 5.75 Å². The van der Waals surface area contributed by atoms with Crippen molar-refractivity contribution >= 4 is 17.4 Å². The SMILES string of the molecule is COc1cccc(C(=O)Nc2cccc(F)c2C(=O)CCCN2CCNCC2)c1. The lowest BCUT2D eigenvalue weighted by molar-refractivity contribution is 0.0970. The number of nitrogens with zero attached hydrogens (tertiary/aromatic N) is 1. The summed E-state index contributed by atoms with van der Waals surface area (Å²) in [5, 5.41) is 5.95. The van der Waals surface area contributed by atoms with Crippen LogP contribution >= 0.6 is 0 Å². The summed E-state index contributed by atoms with van der Waals surface area (Å²) in [7, 11) is 1.51. The number of piperazine rings is 1. The lowest BCUT2D eigenvalue weighted by Gasteiger charge is -2.26. The van der Waals surface area contributed by atoms with Crippen molar-refractivity contribution in [2.75, 3.05) is 45.2 Å². The Kier molecular flexibility index (Phi) is 7.32. The van der Waals surface area contributed by atoms with E-state index < -0.39 is 11.7 Å². The zero-order valence-electron chi connectivity index (χ0n) is 16.5. The second-order valence-corrected chi connectivity index (χ2v) is 6.97. The summed E-state index contributed by atoms with van der Waals surface area (Å²) >= 11 is 0. The van der Waals surface area contributed by atoms with Crippen molar-refractivity contribution in [2.24, 2.45) is 0 Å². The first-order chi connectivity index (χ1) is 14.1. The molecular formula is C22H26FN3O3. The molecule has 29 heavy (non-hydrogen) atoms. The molecule has 1 amide bonds. The van der Waals surface area contributed by atoms with E-state index in [9.17, 15) is 14.0 Å². The molecule has 0 atom stereocenters. The van der Waals surface area contributed by atoms with Gasteiger partial charge in [0.05, 0.1) is 18.4 Å². The Hall–Kier alpha value is -2.77. The minimum absolute atomic E-state index is 0.0657. The molecule has 1 aliphatic heterocycles. The molecular weight excluding hydrogens is 373 g/mol. The normalized spacial score (nSPS) is 14.4. The number of amides is 1. The van der Waals surface area contributed by atoms with Crippen LogP contribution in [0, 0.1) is 5.82 Å². The highest BCUT2D eigenvalue weighted by molar-refractivity contribution is 6.09. The zero-order valence-corrected chi connectivity index (χ0v) is 16.5. The van der Waals surface area contributed by atoms with Gasteiger partial charge in [-0.2, -0.15) is 0 Å². The topological polar surface area (TPSA) is 70.7 Å². The van der Waals surface area contributed by atoms with Crippen LogP contribution in [0.15, 0.2) is 42.5 Å². The number of anilines is 1. The number of nitrogens with one attached hydrogen (secondary N) is 2. The summed E-state index contributed by atoms with van der Waals surface area (Å²) in [5.41, 5.74) is 0.486. The Bertz CT molecular complexity index is 866. The van der Waals surface area contributed by atoms with Gasteiger partial charge in [0.15, 0.2) is 5.78 Å². The highest BCUT2D eigenvalue weighted by atomic mass is 19.1. The summed E-state index contributed by atoms with van der Waals surface area (Å²) in [6, 6.07) is 10.9. The van der Waals surface area contributed by atoms with E-state index in [0.717, 1.165) is 32.7 Å². The number of hydrogen-bond donors (Lipinski definition) is 2. The van der Waals surface area contributed by atoms with Crippen LogP contribution in [0.4, 0.5) is 10.1 Å². The summed E-state index contributed by atoms with van der Waals surface area (Å²) in [5.74, 6) is -0.815. The second kappa shape index (κ2) is 10.1. The quantitative estimate of drug-likeness (QED) is 0.668. The molecule has 0 unspecified atom stereocenters. The number of rotatable bonds is 8. The monoisotopic (exact) mass is 399 g/mol. The molecule has 6 nitrogen and oxygen atoms in total. The van der Waals surface area contributed by atoms with Crippen molar-refractivity contribution in [2.45, 2.75) is 12.8 Å². The van der Waals surface area contributed by atoms with Gasteiger partial charge < -0.3 is 20.3 Å². The van der Waals surface area contributed by atoms with Crippen LogP contribution in [-0.4, -0.2) is 56.4 Å². The van der Waals surface area contributed by atoms with E-state index in [0.29, 0.717) is 17.7 Å². The minimum atomic E-state index is -0.624. The Balaban J connectivity index is 1.67. The smallest absolute Gasteiger partial charge is 0.255 e. The number of halogens is 1. The Labute approximate surface area is 170 Å². The van der Waals surface area contributed by atoms with E-state index in [2.05, 4.69) is 15.5 Å². The highest BCUT2D eigenvalue weighted by Gasteiger charge is 2.19. The average molecular weight is 399 g/mol. The average Bonchev–Trinajstić information content (AvgIpc) is 2.74. The van der Waals surface area contributed by atoms with Gasteiger partial charge in [-0.3, -0.25) is 9.59 Å². The molecule has 7 heteroatoms. The van der Waals surface area contributed by atoms with Crippen LogP contribution < -0.4 is 15.4 Å². The first-order valence-electron chi connectivity index (χ1n) is 9.78. The molecule has 0 radical (unpaired) electrons. The molecule has 1 saturated heterocycles. The standard InChI is InChI=1S/C22H26FN3O3/c1-29-17-6-2-5-16(15-17)22(28)25-19-8-3-7-18(23)21(19)20(27)9-4-12-26-13-10-24-11-14-26/h2-3,5-8,15,24H,4,9-14H2,1H3,(H,25,28). The maximum atomic E-state index is 14.4. The lowest BCUT2D eigenvalue weighted by Crippen LogP contribution is -2.43. The number of methoxy groups -OCH3 is 1. The number of ether oxygens (including phenoxy) is 1. The van der Waals surface area contributed by atoms with E-state index >= 15 is 0 Å². The van der Waals surface area contributed by atoms with E-state index in [1.807, 2.05) is 0 Å². The lowest BCUT2D eigenvalue weighted by atomic mass is 10.0. The fourth-order valence-corrected chi connectivity index (χ4v) is 3.39. The third-order valence-corrected chi connectivity index (χ3v) is 4.96. The number of benzene rings is 2. The number of carbonyl (C=O) groups is 2. The van der Waals surface area contributed by atoms with E-state index in [1.54, 1.807) is 30.3 Å². The first-order valence-corrected chi connectivity index (χ1v) is 9.78. The van der Waals surface area contributed by atoms with Crippen molar-refractivity contribution in [1.29, 1.82) is 0 Å². The molecule has 2 aromatic rings. The summed E-state index contributed by atoms with van der Waals surface area (Å²) in [6.07, 6.45) is 0.878.